The van der Waals surface area contributed by atoms with Crippen LogP contribution < -0.4 is 5.90 Å². The summed E-state index contributed by atoms with van der Waals surface area (Å²) in [6.45, 7) is 0. The van der Waals surface area contributed by atoms with Crippen LogP contribution in [0.2, 0.25) is 0 Å². The maximum absolute atomic E-state index is 13.6. The Bertz CT molecular complexity index is 508. The van der Waals surface area contributed by atoms with Gasteiger partial charge < -0.3 is 0 Å². The van der Waals surface area contributed by atoms with E-state index in [9.17, 15) is 8.78 Å². The molecule has 2 N–H and O–H groups in total. The number of nitrogens with two attached hydrogens (primary N) is 1. The molecule has 0 saturated heterocycles. The number of hydrogen-bond donors (Lipinski definition) is 1. The van der Waals surface area contributed by atoms with Crippen molar-refractivity contribution in [2.75, 3.05) is 0 Å². The van der Waals surface area contributed by atoms with Gasteiger partial charge in [-0.1, -0.05) is 36.4 Å². The van der Waals surface area contributed by atoms with Crippen molar-refractivity contribution in [2.45, 2.75) is 6.10 Å². The molecular weight excluding hydrogens is 260 g/mol. The zero-order valence-electron chi connectivity index (χ0n) is 9.35. The Hall–Kier alpha value is -1.49. The SMILES string of the molecule is Cl.NOC(c1ccccc1)c1ccc(F)cc1F. The summed E-state index contributed by atoms with van der Waals surface area (Å²) in [4.78, 5) is 4.78. The van der Waals surface area contributed by atoms with Gasteiger partial charge in [-0.15, -0.1) is 12.4 Å². The van der Waals surface area contributed by atoms with Crippen molar-refractivity contribution in [1.29, 1.82) is 0 Å². The second-order valence-electron chi connectivity index (χ2n) is 3.59. The molecule has 0 saturated carbocycles. The molecule has 0 bridgehead atoms. The molecule has 0 aliphatic rings. The van der Waals surface area contributed by atoms with E-state index in [1.54, 1.807) is 24.3 Å². The molecule has 0 aliphatic carbocycles. The van der Waals surface area contributed by atoms with Crippen LogP contribution in [0.3, 0.4) is 0 Å². The molecule has 1 atom stereocenters. The minimum atomic E-state index is -0.739. The molecule has 0 radical (unpaired) electrons. The first-order valence-corrected chi connectivity index (χ1v) is 5.08. The molecule has 2 nitrogen and oxygen atoms in total. The molecule has 18 heavy (non-hydrogen) atoms. The standard InChI is InChI=1S/C13H11F2NO.ClH/c14-10-6-7-11(12(15)8-10)13(17-16)9-4-2-1-3-5-9;/h1-8,13H,16H2;1H. The molecule has 0 aromatic heterocycles. The highest BCUT2D eigenvalue weighted by atomic mass is 35.5. The van der Waals surface area contributed by atoms with Crippen LogP contribution in [0.5, 0.6) is 0 Å². The molecule has 1 unspecified atom stereocenters. The maximum Gasteiger partial charge on any atom is 0.132 e. The Morgan fingerprint density at radius 1 is 1.00 bits per heavy atom. The van der Waals surface area contributed by atoms with Crippen molar-refractivity contribution in [3.05, 3.63) is 71.3 Å². The van der Waals surface area contributed by atoms with E-state index in [0.29, 0.717) is 5.56 Å². The van der Waals surface area contributed by atoms with E-state index in [2.05, 4.69) is 0 Å². The van der Waals surface area contributed by atoms with Gasteiger partial charge in [0.1, 0.15) is 17.7 Å². The van der Waals surface area contributed by atoms with Gasteiger partial charge in [-0.2, -0.15) is 0 Å². The predicted molar refractivity (Wildman–Crippen MR) is 67.2 cm³/mol. The summed E-state index contributed by atoms with van der Waals surface area (Å²) >= 11 is 0. The summed E-state index contributed by atoms with van der Waals surface area (Å²) in [7, 11) is 0. The lowest BCUT2D eigenvalue weighted by Crippen LogP contribution is -2.12. The predicted octanol–water partition coefficient (Wildman–Crippen LogP) is 3.37. The van der Waals surface area contributed by atoms with Crippen LogP contribution in [0.1, 0.15) is 17.2 Å². The highest BCUT2D eigenvalue weighted by Gasteiger charge is 2.18. The van der Waals surface area contributed by atoms with Crippen LogP contribution in [-0.4, -0.2) is 0 Å². The number of halogens is 3. The quantitative estimate of drug-likeness (QED) is 0.869. The monoisotopic (exact) mass is 271 g/mol. The van der Waals surface area contributed by atoms with Crippen LogP contribution in [0.4, 0.5) is 8.78 Å². The molecule has 2 aromatic carbocycles. The average molecular weight is 272 g/mol. The molecule has 96 valence electrons. The molecule has 0 spiro atoms. The van der Waals surface area contributed by atoms with Gasteiger partial charge in [-0.05, 0) is 11.6 Å². The maximum atomic E-state index is 13.6. The van der Waals surface area contributed by atoms with E-state index in [1.165, 1.54) is 12.1 Å². The molecule has 0 fully saturated rings. The van der Waals surface area contributed by atoms with Crippen LogP contribution >= 0.6 is 12.4 Å². The van der Waals surface area contributed by atoms with Gasteiger partial charge in [-0.25, -0.2) is 14.7 Å². The summed E-state index contributed by atoms with van der Waals surface area (Å²) in [5, 5.41) is 0. The van der Waals surface area contributed by atoms with Gasteiger partial charge >= 0.3 is 0 Å². The van der Waals surface area contributed by atoms with E-state index >= 15 is 0 Å². The summed E-state index contributed by atoms with van der Waals surface area (Å²) in [6.07, 6.45) is -0.739. The summed E-state index contributed by atoms with van der Waals surface area (Å²) in [6, 6.07) is 12.3. The first-order valence-electron chi connectivity index (χ1n) is 5.08. The van der Waals surface area contributed by atoms with Gasteiger partial charge in [0.25, 0.3) is 0 Å². The Labute approximate surface area is 110 Å². The summed E-state index contributed by atoms with van der Waals surface area (Å²) in [5.41, 5.74) is 0.917. The lowest BCUT2D eigenvalue weighted by Gasteiger charge is -2.15. The topological polar surface area (TPSA) is 35.2 Å². The van der Waals surface area contributed by atoms with Crippen molar-refractivity contribution in [2.24, 2.45) is 5.90 Å². The fourth-order valence-electron chi connectivity index (χ4n) is 1.67. The van der Waals surface area contributed by atoms with Crippen LogP contribution in [0, 0.1) is 11.6 Å². The lowest BCUT2D eigenvalue weighted by molar-refractivity contribution is 0.0787. The molecule has 0 aliphatic heterocycles. The van der Waals surface area contributed by atoms with Gasteiger partial charge in [-0.3, -0.25) is 4.84 Å². The second kappa shape index (κ2) is 6.44. The van der Waals surface area contributed by atoms with Crippen LogP contribution in [0.25, 0.3) is 0 Å². The fraction of sp³-hybridized carbons (Fsp3) is 0.0769. The van der Waals surface area contributed by atoms with Crippen LogP contribution in [0.15, 0.2) is 48.5 Å². The molecule has 2 aromatic rings. The summed E-state index contributed by atoms with van der Waals surface area (Å²) in [5.74, 6) is 3.88. The van der Waals surface area contributed by atoms with Gasteiger partial charge in [0.05, 0.1) is 0 Å². The minimum Gasteiger partial charge on any atom is -0.292 e. The summed E-state index contributed by atoms with van der Waals surface area (Å²) < 4.78 is 26.4. The van der Waals surface area contributed by atoms with Crippen LogP contribution in [-0.2, 0) is 4.84 Å². The Kier molecular flexibility index (Phi) is 5.22. The largest absolute Gasteiger partial charge is 0.292 e. The normalized spacial score (nSPS) is 11.7. The van der Waals surface area contributed by atoms with Crippen molar-refractivity contribution in [3.63, 3.8) is 0 Å². The second-order valence-corrected chi connectivity index (χ2v) is 3.59. The van der Waals surface area contributed by atoms with E-state index < -0.39 is 17.7 Å². The van der Waals surface area contributed by atoms with E-state index in [0.717, 1.165) is 6.07 Å². The third-order valence-corrected chi connectivity index (χ3v) is 2.48. The zero-order chi connectivity index (χ0) is 12.3. The smallest absolute Gasteiger partial charge is 0.132 e. The molecule has 2 rings (SSSR count). The first kappa shape index (κ1) is 14.6. The number of rotatable bonds is 3. The highest BCUT2D eigenvalue weighted by molar-refractivity contribution is 5.85. The van der Waals surface area contributed by atoms with Crippen molar-refractivity contribution in [3.8, 4) is 0 Å². The first-order chi connectivity index (χ1) is 8.22. The fourth-order valence-corrected chi connectivity index (χ4v) is 1.67. The van der Waals surface area contributed by atoms with E-state index in [1.807, 2.05) is 6.07 Å². The minimum absolute atomic E-state index is 0. The van der Waals surface area contributed by atoms with E-state index in [-0.39, 0.29) is 18.0 Å². The average Bonchev–Trinajstić information content (AvgIpc) is 2.34. The highest BCUT2D eigenvalue weighted by Crippen LogP contribution is 2.26. The van der Waals surface area contributed by atoms with Crippen molar-refractivity contribution in [1.82, 2.24) is 0 Å². The molecular formula is C13H12ClF2NO. The molecule has 0 amide bonds. The van der Waals surface area contributed by atoms with E-state index in [4.69, 9.17) is 10.7 Å². The number of hydrogen-bond acceptors (Lipinski definition) is 2. The Morgan fingerprint density at radius 3 is 2.22 bits per heavy atom. The molecule has 5 heteroatoms. The van der Waals surface area contributed by atoms with Gasteiger partial charge in [0, 0.05) is 11.6 Å². The Morgan fingerprint density at radius 2 is 1.67 bits per heavy atom. The van der Waals surface area contributed by atoms with Crippen molar-refractivity contribution >= 4 is 12.4 Å². The third-order valence-electron chi connectivity index (χ3n) is 2.48. The molecule has 0 heterocycles. The van der Waals surface area contributed by atoms with Gasteiger partial charge in [0.15, 0.2) is 0 Å². The van der Waals surface area contributed by atoms with Gasteiger partial charge in [0.2, 0.25) is 0 Å². The Balaban J connectivity index is 0.00000162. The van der Waals surface area contributed by atoms with Crippen molar-refractivity contribution < 1.29 is 13.6 Å². The third kappa shape index (κ3) is 3.04. The zero-order valence-corrected chi connectivity index (χ0v) is 10.2. The number of benzene rings is 2. The lowest BCUT2D eigenvalue weighted by atomic mass is 10.0.